The molecule has 0 unspecified atom stereocenters. The van der Waals surface area contributed by atoms with E-state index in [9.17, 15) is 18.7 Å². The van der Waals surface area contributed by atoms with Crippen LogP contribution in [0.3, 0.4) is 0 Å². The topological polar surface area (TPSA) is 43.8 Å². The zero-order valence-corrected chi connectivity index (χ0v) is 15.5. The largest absolute Gasteiger partial charge is 0.394 e. The first kappa shape index (κ1) is 19.2. The van der Waals surface area contributed by atoms with Crippen molar-refractivity contribution in [3.05, 3.63) is 35.4 Å². The zero-order valence-electron chi connectivity index (χ0n) is 15.5. The Bertz CT molecular complexity index is 652. The van der Waals surface area contributed by atoms with Crippen LogP contribution in [0.1, 0.15) is 35.7 Å². The van der Waals surface area contributed by atoms with Gasteiger partial charge in [-0.05, 0) is 30.9 Å². The Morgan fingerprint density at radius 3 is 2.73 bits per heavy atom. The minimum absolute atomic E-state index is 0.0210. The van der Waals surface area contributed by atoms with E-state index < -0.39 is 5.92 Å². The van der Waals surface area contributed by atoms with Gasteiger partial charge in [0.15, 0.2) is 0 Å². The molecule has 26 heavy (non-hydrogen) atoms. The number of carbonyl (C=O) groups is 1. The summed E-state index contributed by atoms with van der Waals surface area (Å²) in [5.74, 6) is -2.46. The Kier molecular flexibility index (Phi) is 5.63. The molecule has 0 saturated carbocycles. The molecule has 2 aliphatic rings. The van der Waals surface area contributed by atoms with Crippen molar-refractivity contribution in [1.82, 2.24) is 9.80 Å². The molecule has 6 heteroatoms. The number of nitrogens with zero attached hydrogens (tertiary/aromatic N) is 2. The van der Waals surface area contributed by atoms with E-state index in [1.807, 2.05) is 25.1 Å². The zero-order chi connectivity index (χ0) is 18.9. The predicted octanol–water partition coefficient (Wildman–Crippen LogP) is 2.80. The highest BCUT2D eigenvalue weighted by atomic mass is 19.3. The first-order valence-electron chi connectivity index (χ1n) is 9.43. The molecule has 0 bridgehead atoms. The number of aryl methyl sites for hydroxylation is 1. The molecule has 2 aliphatic heterocycles. The summed E-state index contributed by atoms with van der Waals surface area (Å²) in [5.41, 5.74) is 1.63. The highest BCUT2D eigenvalue weighted by molar-refractivity contribution is 5.94. The van der Waals surface area contributed by atoms with Gasteiger partial charge in [-0.1, -0.05) is 31.0 Å². The lowest BCUT2D eigenvalue weighted by Crippen LogP contribution is -2.43. The molecule has 2 fully saturated rings. The fraction of sp³-hybridized carbons (Fsp3) is 0.650. The average Bonchev–Trinajstić information content (AvgIpc) is 3.13. The lowest BCUT2D eigenvalue weighted by atomic mass is 9.88. The van der Waals surface area contributed by atoms with Crippen molar-refractivity contribution < 1.29 is 18.7 Å². The summed E-state index contributed by atoms with van der Waals surface area (Å²) in [6.45, 7) is 5.11. The Balaban J connectivity index is 1.77. The molecule has 3 rings (SSSR count). The van der Waals surface area contributed by atoms with Crippen molar-refractivity contribution in [2.45, 2.75) is 38.7 Å². The summed E-state index contributed by atoms with van der Waals surface area (Å²) in [6.07, 6.45) is 0.759. The third-order valence-electron chi connectivity index (χ3n) is 5.89. The molecular formula is C20H28F2N2O2. The summed E-state index contributed by atoms with van der Waals surface area (Å²) >= 11 is 0. The fourth-order valence-electron chi connectivity index (χ4n) is 4.44. The lowest BCUT2D eigenvalue weighted by molar-refractivity contribution is 0.00885. The van der Waals surface area contributed by atoms with E-state index in [0.29, 0.717) is 25.2 Å². The Morgan fingerprint density at radius 2 is 2.15 bits per heavy atom. The molecule has 0 radical (unpaired) electrons. The van der Waals surface area contributed by atoms with Gasteiger partial charge in [-0.15, -0.1) is 0 Å². The second-order valence-corrected chi connectivity index (χ2v) is 7.75. The Hall–Kier alpha value is -1.53. The van der Waals surface area contributed by atoms with Gasteiger partial charge in [-0.25, -0.2) is 8.78 Å². The molecule has 1 aromatic rings. The average molecular weight is 366 g/mol. The molecule has 3 atom stereocenters. The number of alkyl halides is 2. The summed E-state index contributed by atoms with van der Waals surface area (Å²) in [4.78, 5) is 16.5. The van der Waals surface area contributed by atoms with Crippen molar-refractivity contribution in [3.8, 4) is 0 Å². The molecule has 144 valence electrons. The Morgan fingerprint density at radius 1 is 1.38 bits per heavy atom. The minimum Gasteiger partial charge on any atom is -0.394 e. The fourth-order valence-corrected chi connectivity index (χ4v) is 4.44. The van der Waals surface area contributed by atoms with Crippen molar-refractivity contribution in [2.24, 2.45) is 11.8 Å². The van der Waals surface area contributed by atoms with E-state index in [1.165, 1.54) is 0 Å². The van der Waals surface area contributed by atoms with Crippen LogP contribution in [0.25, 0.3) is 0 Å². The van der Waals surface area contributed by atoms with Crippen molar-refractivity contribution >= 4 is 5.91 Å². The lowest BCUT2D eigenvalue weighted by Gasteiger charge is -2.30. The number of hydrogen-bond acceptors (Lipinski definition) is 3. The van der Waals surface area contributed by atoms with E-state index in [2.05, 4.69) is 6.92 Å². The summed E-state index contributed by atoms with van der Waals surface area (Å²) in [5, 5.41) is 9.99. The van der Waals surface area contributed by atoms with Gasteiger partial charge in [0, 0.05) is 31.6 Å². The second kappa shape index (κ2) is 7.61. The van der Waals surface area contributed by atoms with Gasteiger partial charge < -0.3 is 10.0 Å². The summed E-state index contributed by atoms with van der Waals surface area (Å²) in [7, 11) is 0. The predicted molar refractivity (Wildman–Crippen MR) is 96.4 cm³/mol. The number of halogens is 2. The third kappa shape index (κ3) is 3.91. The van der Waals surface area contributed by atoms with Gasteiger partial charge in [0.05, 0.1) is 19.2 Å². The molecule has 4 nitrogen and oxygen atoms in total. The van der Waals surface area contributed by atoms with Crippen molar-refractivity contribution in [3.63, 3.8) is 0 Å². The number of rotatable bonds is 5. The summed E-state index contributed by atoms with van der Waals surface area (Å²) < 4.78 is 27.1. The molecule has 0 aliphatic carbocycles. The van der Waals surface area contributed by atoms with Gasteiger partial charge in [0.1, 0.15) is 0 Å². The molecule has 1 N–H and O–H groups in total. The molecule has 1 amide bonds. The van der Waals surface area contributed by atoms with E-state index >= 15 is 0 Å². The minimum atomic E-state index is -2.62. The molecule has 2 saturated heterocycles. The summed E-state index contributed by atoms with van der Waals surface area (Å²) in [6, 6.07) is 7.12. The first-order valence-corrected chi connectivity index (χ1v) is 9.43. The number of hydrogen-bond donors (Lipinski definition) is 1. The SMILES string of the molecule is CC[C@@H]1CN(C(=O)c2cccc(C)c2)[C@H](CO)[C@@H]1CN1CCC(F)(F)C1. The van der Waals surface area contributed by atoms with E-state index in [1.54, 1.807) is 15.9 Å². The second-order valence-electron chi connectivity index (χ2n) is 7.75. The van der Waals surface area contributed by atoms with E-state index in [-0.39, 0.29) is 43.4 Å². The van der Waals surface area contributed by atoms with Gasteiger partial charge in [-0.3, -0.25) is 9.69 Å². The molecule has 0 spiro atoms. The number of likely N-dealkylation sites (tertiary alicyclic amines) is 2. The number of carbonyl (C=O) groups excluding carboxylic acids is 1. The number of aliphatic hydroxyl groups excluding tert-OH is 1. The molecule has 0 aromatic heterocycles. The maximum absolute atomic E-state index is 13.5. The quantitative estimate of drug-likeness (QED) is 0.872. The molecular weight excluding hydrogens is 338 g/mol. The van der Waals surface area contributed by atoms with E-state index in [0.717, 1.165) is 12.0 Å². The first-order chi connectivity index (χ1) is 12.3. The van der Waals surface area contributed by atoms with Crippen LogP contribution in [0.2, 0.25) is 0 Å². The van der Waals surface area contributed by atoms with Gasteiger partial charge in [0.25, 0.3) is 11.8 Å². The number of aliphatic hydroxyl groups is 1. The van der Waals surface area contributed by atoms with Crippen LogP contribution in [0.4, 0.5) is 8.78 Å². The van der Waals surface area contributed by atoms with Crippen molar-refractivity contribution in [2.75, 3.05) is 32.8 Å². The van der Waals surface area contributed by atoms with Crippen LogP contribution >= 0.6 is 0 Å². The van der Waals surface area contributed by atoms with Crippen LogP contribution in [-0.4, -0.2) is 65.6 Å². The van der Waals surface area contributed by atoms with E-state index in [4.69, 9.17) is 0 Å². The molecule has 2 heterocycles. The van der Waals surface area contributed by atoms with Crippen LogP contribution in [0.15, 0.2) is 24.3 Å². The number of benzene rings is 1. The smallest absolute Gasteiger partial charge is 0.261 e. The standard InChI is InChI=1S/C20H28F2N2O2/c1-3-15-10-24(19(26)16-6-4-5-14(2)9-16)18(12-25)17(15)11-23-8-7-20(21,22)13-23/h4-6,9,15,17-18,25H,3,7-8,10-13H2,1-2H3/t15-,17-,18-/m1/s1. The van der Waals surface area contributed by atoms with Crippen LogP contribution < -0.4 is 0 Å². The highest BCUT2D eigenvalue weighted by Gasteiger charge is 2.46. The molecule has 1 aromatic carbocycles. The maximum Gasteiger partial charge on any atom is 0.261 e. The monoisotopic (exact) mass is 366 g/mol. The van der Waals surface area contributed by atoms with Crippen LogP contribution in [0, 0.1) is 18.8 Å². The maximum atomic E-state index is 13.5. The normalized spacial score (nSPS) is 28.7. The highest BCUT2D eigenvalue weighted by Crippen LogP contribution is 2.36. The Labute approximate surface area is 153 Å². The van der Waals surface area contributed by atoms with Crippen LogP contribution in [0.5, 0.6) is 0 Å². The number of amides is 1. The van der Waals surface area contributed by atoms with Crippen molar-refractivity contribution in [1.29, 1.82) is 0 Å². The van der Waals surface area contributed by atoms with Gasteiger partial charge in [0.2, 0.25) is 0 Å². The third-order valence-corrected chi connectivity index (χ3v) is 5.89. The van der Waals surface area contributed by atoms with Gasteiger partial charge in [-0.2, -0.15) is 0 Å². The van der Waals surface area contributed by atoms with Gasteiger partial charge >= 0.3 is 0 Å². The van der Waals surface area contributed by atoms with Crippen LogP contribution in [-0.2, 0) is 0 Å².